The molecule has 0 aliphatic heterocycles. The predicted octanol–water partition coefficient (Wildman–Crippen LogP) is 4.85. The molecule has 0 saturated carbocycles. The number of alkyl carbamates (subject to hydrolysis) is 1. The second-order valence-corrected chi connectivity index (χ2v) is 8.00. The highest BCUT2D eigenvalue weighted by Crippen LogP contribution is 2.13. The van der Waals surface area contributed by atoms with Crippen LogP contribution in [0.5, 0.6) is 0 Å². The van der Waals surface area contributed by atoms with E-state index >= 15 is 0 Å². The Morgan fingerprint density at radius 2 is 1.59 bits per heavy atom. The first-order valence-electron chi connectivity index (χ1n) is 10.2. The van der Waals surface area contributed by atoms with Crippen LogP contribution >= 0.6 is 11.8 Å². The average molecular weight is 424 g/mol. The molecule has 1 amide bonds. The summed E-state index contributed by atoms with van der Waals surface area (Å²) in [4.78, 5) is 34.9. The largest absolute Gasteiger partial charge is 0.469 e. The number of hydrogen-bond donors (Lipinski definition) is 1. The molecule has 1 rings (SSSR count). The number of nitrogens with one attached hydrogen (secondary N) is 1. The van der Waals surface area contributed by atoms with Crippen molar-refractivity contribution >= 4 is 28.9 Å². The molecule has 1 N–H and O–H groups in total. The van der Waals surface area contributed by atoms with E-state index in [2.05, 4.69) is 10.1 Å². The van der Waals surface area contributed by atoms with Gasteiger partial charge in [-0.3, -0.25) is 9.59 Å². The first kappa shape index (κ1) is 25.0. The van der Waals surface area contributed by atoms with Crippen molar-refractivity contribution in [3.05, 3.63) is 35.9 Å². The van der Waals surface area contributed by atoms with Crippen LogP contribution in [0.2, 0.25) is 0 Å². The van der Waals surface area contributed by atoms with Crippen molar-refractivity contribution in [3.63, 3.8) is 0 Å². The molecule has 29 heavy (non-hydrogen) atoms. The number of unbranched alkanes of at least 4 members (excludes halogenated alkanes) is 6. The molecule has 6 nitrogen and oxygen atoms in total. The Labute approximate surface area is 178 Å². The van der Waals surface area contributed by atoms with Crippen molar-refractivity contribution in [1.29, 1.82) is 0 Å². The summed E-state index contributed by atoms with van der Waals surface area (Å²) in [6, 6.07) is 8.84. The minimum Gasteiger partial charge on any atom is -0.469 e. The minimum absolute atomic E-state index is 0.0514. The summed E-state index contributed by atoms with van der Waals surface area (Å²) < 4.78 is 9.74. The van der Waals surface area contributed by atoms with Gasteiger partial charge in [0.15, 0.2) is 0 Å². The molecule has 162 valence electrons. The van der Waals surface area contributed by atoms with Crippen LogP contribution < -0.4 is 5.32 Å². The Bertz CT molecular complexity index is 608. The van der Waals surface area contributed by atoms with Gasteiger partial charge in [-0.2, -0.15) is 0 Å². The van der Waals surface area contributed by atoms with Gasteiger partial charge in [-0.1, -0.05) is 74.2 Å². The molecule has 0 unspecified atom stereocenters. The molecule has 1 atom stereocenters. The highest BCUT2D eigenvalue weighted by molar-refractivity contribution is 8.13. The quantitative estimate of drug-likeness (QED) is 0.340. The van der Waals surface area contributed by atoms with Crippen molar-refractivity contribution in [2.24, 2.45) is 0 Å². The number of thioether (sulfide) groups is 1. The monoisotopic (exact) mass is 423 g/mol. The number of carbonyl (C=O) groups excluding carboxylic acids is 3. The molecule has 0 fully saturated rings. The van der Waals surface area contributed by atoms with Gasteiger partial charge in [0.05, 0.1) is 13.2 Å². The standard InChI is InChI=1S/C22H33NO5S/c1-18(23-22(26)28-17-19-13-9-8-10-14-19)21(25)29-16-12-7-5-3-4-6-11-15-20(24)27-2/h8-10,13-14,18H,3-7,11-12,15-17H2,1-2H3,(H,23,26)/t18-/m1/s1. The lowest BCUT2D eigenvalue weighted by molar-refractivity contribution is -0.140. The number of methoxy groups -OCH3 is 1. The number of benzene rings is 1. The van der Waals surface area contributed by atoms with E-state index in [0.29, 0.717) is 6.42 Å². The van der Waals surface area contributed by atoms with Gasteiger partial charge in [0, 0.05) is 12.2 Å². The molecule has 0 aliphatic rings. The van der Waals surface area contributed by atoms with Gasteiger partial charge in [0.2, 0.25) is 5.12 Å². The number of ether oxygens (including phenoxy) is 2. The van der Waals surface area contributed by atoms with Crippen molar-refractivity contribution in [2.45, 2.75) is 70.9 Å². The van der Waals surface area contributed by atoms with Crippen LogP contribution in [0, 0.1) is 0 Å². The smallest absolute Gasteiger partial charge is 0.408 e. The van der Waals surface area contributed by atoms with E-state index in [9.17, 15) is 14.4 Å². The van der Waals surface area contributed by atoms with Gasteiger partial charge < -0.3 is 14.8 Å². The third-order valence-electron chi connectivity index (χ3n) is 4.40. The third kappa shape index (κ3) is 12.9. The lowest BCUT2D eigenvalue weighted by atomic mass is 10.1. The average Bonchev–Trinajstić information content (AvgIpc) is 2.73. The second kappa shape index (κ2) is 15.9. The van der Waals surface area contributed by atoms with Crippen LogP contribution in [0.15, 0.2) is 30.3 Å². The van der Waals surface area contributed by atoms with Crippen LogP contribution in [-0.2, 0) is 25.7 Å². The van der Waals surface area contributed by atoms with Crippen LogP contribution in [-0.4, -0.2) is 36.1 Å². The Balaban J connectivity index is 1.99. The molecule has 0 spiro atoms. The highest BCUT2D eigenvalue weighted by atomic mass is 32.2. The van der Waals surface area contributed by atoms with E-state index in [0.717, 1.165) is 56.3 Å². The molecule has 0 heterocycles. The maximum absolute atomic E-state index is 12.1. The minimum atomic E-state index is -0.581. The fourth-order valence-corrected chi connectivity index (χ4v) is 3.51. The number of rotatable bonds is 14. The van der Waals surface area contributed by atoms with Gasteiger partial charge in [-0.05, 0) is 25.3 Å². The summed E-state index contributed by atoms with van der Waals surface area (Å²) in [7, 11) is 1.42. The Morgan fingerprint density at radius 3 is 2.24 bits per heavy atom. The summed E-state index contributed by atoms with van der Waals surface area (Å²) in [5.74, 6) is 0.617. The van der Waals surface area contributed by atoms with Crippen molar-refractivity contribution < 1.29 is 23.9 Å². The van der Waals surface area contributed by atoms with Crippen LogP contribution in [0.4, 0.5) is 4.79 Å². The molecular weight excluding hydrogens is 390 g/mol. The first-order chi connectivity index (χ1) is 14.0. The topological polar surface area (TPSA) is 81.7 Å². The molecular formula is C22H33NO5S. The van der Waals surface area contributed by atoms with Crippen LogP contribution in [0.25, 0.3) is 0 Å². The van der Waals surface area contributed by atoms with E-state index in [1.807, 2.05) is 30.3 Å². The summed E-state index contributed by atoms with van der Waals surface area (Å²) >= 11 is 1.26. The molecule has 0 saturated heterocycles. The lowest BCUT2D eigenvalue weighted by Crippen LogP contribution is -2.37. The highest BCUT2D eigenvalue weighted by Gasteiger charge is 2.16. The first-order valence-corrected chi connectivity index (χ1v) is 11.2. The molecule has 1 aromatic carbocycles. The van der Waals surface area contributed by atoms with Gasteiger partial charge in [0.25, 0.3) is 0 Å². The van der Waals surface area contributed by atoms with Crippen molar-refractivity contribution in [1.82, 2.24) is 5.32 Å². The van der Waals surface area contributed by atoms with Gasteiger partial charge in [-0.15, -0.1) is 0 Å². The van der Waals surface area contributed by atoms with Gasteiger partial charge in [0.1, 0.15) is 6.61 Å². The number of hydrogen-bond acceptors (Lipinski definition) is 6. The summed E-state index contributed by atoms with van der Waals surface area (Å²) in [5.41, 5.74) is 0.902. The Morgan fingerprint density at radius 1 is 0.966 bits per heavy atom. The van der Waals surface area contributed by atoms with Gasteiger partial charge in [-0.25, -0.2) is 4.79 Å². The van der Waals surface area contributed by atoms with Crippen molar-refractivity contribution in [2.75, 3.05) is 12.9 Å². The normalized spacial score (nSPS) is 11.5. The zero-order valence-electron chi connectivity index (χ0n) is 17.5. The van der Waals surface area contributed by atoms with E-state index in [-0.39, 0.29) is 17.7 Å². The van der Waals surface area contributed by atoms with Crippen LogP contribution in [0.1, 0.15) is 63.9 Å². The maximum Gasteiger partial charge on any atom is 0.408 e. The van der Waals surface area contributed by atoms with E-state index in [1.165, 1.54) is 18.9 Å². The lowest BCUT2D eigenvalue weighted by Gasteiger charge is -2.12. The number of esters is 1. The maximum atomic E-state index is 12.1. The summed E-state index contributed by atoms with van der Waals surface area (Å²) in [5, 5.41) is 2.53. The van der Waals surface area contributed by atoms with E-state index in [4.69, 9.17) is 4.74 Å². The Kier molecular flexibility index (Phi) is 13.7. The summed E-state index contributed by atoms with van der Waals surface area (Å²) in [6.45, 7) is 1.86. The van der Waals surface area contributed by atoms with E-state index in [1.54, 1.807) is 6.92 Å². The fourth-order valence-electron chi connectivity index (χ4n) is 2.66. The molecule has 0 aromatic heterocycles. The zero-order valence-corrected chi connectivity index (χ0v) is 18.3. The molecule has 7 heteroatoms. The Hall–Kier alpha value is -2.02. The van der Waals surface area contributed by atoms with Crippen LogP contribution in [0.3, 0.4) is 0 Å². The molecule has 1 aromatic rings. The fraction of sp³-hybridized carbons (Fsp3) is 0.591. The third-order valence-corrected chi connectivity index (χ3v) is 5.53. The van der Waals surface area contributed by atoms with E-state index < -0.39 is 12.1 Å². The van der Waals surface area contributed by atoms with Crippen molar-refractivity contribution in [3.8, 4) is 0 Å². The van der Waals surface area contributed by atoms with Gasteiger partial charge >= 0.3 is 12.1 Å². The zero-order chi connectivity index (χ0) is 21.3. The number of amides is 1. The second-order valence-electron chi connectivity index (χ2n) is 6.90. The SMILES string of the molecule is COC(=O)CCCCCCCCCSC(=O)[C@@H](C)NC(=O)OCc1ccccc1. The molecule has 0 aliphatic carbocycles. The molecule has 0 bridgehead atoms. The molecule has 0 radical (unpaired) electrons. The number of carbonyl (C=O) groups is 3. The predicted molar refractivity (Wildman–Crippen MR) is 116 cm³/mol. The summed E-state index contributed by atoms with van der Waals surface area (Å²) in [6.07, 6.45) is 7.31.